The van der Waals surface area contributed by atoms with E-state index in [0.717, 1.165) is 16.5 Å². The van der Waals surface area contributed by atoms with Gasteiger partial charge in [-0.1, -0.05) is 41.4 Å². The van der Waals surface area contributed by atoms with Crippen molar-refractivity contribution in [2.45, 2.75) is 0 Å². The van der Waals surface area contributed by atoms with Gasteiger partial charge in [-0.3, -0.25) is 4.79 Å². The summed E-state index contributed by atoms with van der Waals surface area (Å²) < 4.78 is 10.8. The zero-order valence-electron chi connectivity index (χ0n) is 13.4. The van der Waals surface area contributed by atoms with Gasteiger partial charge in [0.05, 0.1) is 22.8 Å². The Kier molecular flexibility index (Phi) is 5.31. The zero-order valence-corrected chi connectivity index (χ0v) is 14.9. The van der Waals surface area contributed by atoms with Gasteiger partial charge in [-0.05, 0) is 47.2 Å². The Morgan fingerprint density at radius 1 is 1.00 bits per heavy atom. The lowest BCUT2D eigenvalue weighted by atomic mass is 10.1. The first-order valence-electron chi connectivity index (χ1n) is 7.51. The van der Waals surface area contributed by atoms with E-state index < -0.39 is 0 Å². The van der Waals surface area contributed by atoms with Crippen molar-refractivity contribution in [3.05, 3.63) is 64.6 Å². The van der Waals surface area contributed by atoms with Crippen LogP contribution in [-0.2, 0) is 4.79 Å². The van der Waals surface area contributed by atoms with Gasteiger partial charge in [-0.15, -0.1) is 0 Å². The summed E-state index contributed by atoms with van der Waals surface area (Å²) in [6, 6.07) is 16.4. The molecule has 1 amide bonds. The van der Waals surface area contributed by atoms with Crippen molar-refractivity contribution in [1.82, 2.24) is 0 Å². The zero-order chi connectivity index (χ0) is 17.8. The molecule has 0 bridgehead atoms. The Morgan fingerprint density at radius 3 is 2.48 bits per heavy atom. The average Bonchev–Trinajstić information content (AvgIpc) is 2.63. The van der Waals surface area contributed by atoms with Crippen molar-refractivity contribution in [2.24, 2.45) is 0 Å². The van der Waals surface area contributed by atoms with Crippen LogP contribution in [0.25, 0.3) is 10.8 Å². The van der Waals surface area contributed by atoms with Gasteiger partial charge in [0.1, 0.15) is 11.5 Å². The van der Waals surface area contributed by atoms with Crippen LogP contribution in [0, 0.1) is 0 Å². The van der Waals surface area contributed by atoms with Crippen LogP contribution in [0.15, 0.2) is 54.6 Å². The number of carbonyl (C=O) groups is 1. The van der Waals surface area contributed by atoms with Crippen molar-refractivity contribution < 1.29 is 14.3 Å². The van der Waals surface area contributed by atoms with E-state index in [1.54, 1.807) is 25.3 Å². The second-order valence-electron chi connectivity index (χ2n) is 5.31. The maximum atomic E-state index is 12.1. The number of ether oxygens (including phenoxy) is 2. The molecule has 4 nitrogen and oxygen atoms in total. The third-order valence-electron chi connectivity index (χ3n) is 3.61. The fraction of sp³-hybridized carbons (Fsp3) is 0.105. The second kappa shape index (κ2) is 7.64. The topological polar surface area (TPSA) is 47.6 Å². The molecule has 128 valence electrons. The summed E-state index contributed by atoms with van der Waals surface area (Å²) in [4.78, 5) is 12.1. The molecule has 0 aliphatic rings. The number of halogens is 2. The highest BCUT2D eigenvalue weighted by atomic mass is 35.5. The SMILES string of the molecule is COc1ccc2ccc(OCC(=O)Nc3cccc(Cl)c3Cl)cc2c1. The van der Waals surface area contributed by atoms with Crippen molar-refractivity contribution in [1.29, 1.82) is 0 Å². The van der Waals surface area contributed by atoms with Gasteiger partial charge >= 0.3 is 0 Å². The van der Waals surface area contributed by atoms with Crippen LogP contribution in [0.2, 0.25) is 10.0 Å². The number of hydrogen-bond donors (Lipinski definition) is 1. The van der Waals surface area contributed by atoms with Gasteiger partial charge in [0.2, 0.25) is 0 Å². The molecule has 0 radical (unpaired) electrons. The van der Waals surface area contributed by atoms with E-state index in [1.807, 2.05) is 36.4 Å². The van der Waals surface area contributed by atoms with E-state index in [9.17, 15) is 4.79 Å². The standard InChI is InChI=1S/C19H15Cl2NO3/c1-24-14-7-5-12-6-8-15(10-13(12)9-14)25-11-18(23)22-17-4-2-3-16(20)19(17)21/h2-10H,11H2,1H3,(H,22,23). The van der Waals surface area contributed by atoms with Crippen LogP contribution in [0.5, 0.6) is 11.5 Å². The van der Waals surface area contributed by atoms with Crippen LogP contribution in [0.3, 0.4) is 0 Å². The number of rotatable bonds is 5. The molecule has 25 heavy (non-hydrogen) atoms. The van der Waals surface area contributed by atoms with Crippen molar-refractivity contribution in [3.8, 4) is 11.5 Å². The Bertz CT molecular complexity index is 928. The largest absolute Gasteiger partial charge is 0.497 e. The first kappa shape index (κ1) is 17.4. The van der Waals surface area contributed by atoms with Gasteiger partial charge in [0.15, 0.2) is 6.61 Å². The highest BCUT2D eigenvalue weighted by molar-refractivity contribution is 6.44. The number of methoxy groups -OCH3 is 1. The first-order valence-corrected chi connectivity index (χ1v) is 8.27. The van der Waals surface area contributed by atoms with Gasteiger partial charge in [-0.25, -0.2) is 0 Å². The molecule has 0 fully saturated rings. The highest BCUT2D eigenvalue weighted by Crippen LogP contribution is 2.29. The summed E-state index contributed by atoms with van der Waals surface area (Å²) in [7, 11) is 1.62. The van der Waals surface area contributed by atoms with Crippen LogP contribution in [0.1, 0.15) is 0 Å². The molecule has 3 rings (SSSR count). The van der Waals surface area contributed by atoms with E-state index in [-0.39, 0.29) is 12.5 Å². The fourth-order valence-corrected chi connectivity index (χ4v) is 2.70. The van der Waals surface area contributed by atoms with Crippen molar-refractivity contribution in [2.75, 3.05) is 19.0 Å². The number of nitrogens with one attached hydrogen (secondary N) is 1. The quantitative estimate of drug-likeness (QED) is 0.668. The second-order valence-corrected chi connectivity index (χ2v) is 6.10. The number of fused-ring (bicyclic) bond motifs is 1. The molecule has 0 saturated heterocycles. The molecule has 0 heterocycles. The minimum absolute atomic E-state index is 0.141. The molecule has 6 heteroatoms. The number of benzene rings is 3. The Balaban J connectivity index is 1.67. The molecular weight excluding hydrogens is 361 g/mol. The van der Waals surface area contributed by atoms with Gasteiger partial charge in [-0.2, -0.15) is 0 Å². The molecule has 0 aliphatic heterocycles. The number of carbonyl (C=O) groups excluding carboxylic acids is 1. The summed E-state index contributed by atoms with van der Waals surface area (Å²) in [6.45, 7) is -0.141. The predicted octanol–water partition coefficient (Wildman–Crippen LogP) is 5.17. The summed E-state index contributed by atoms with van der Waals surface area (Å²) in [5, 5.41) is 5.38. The first-order chi connectivity index (χ1) is 12.1. The van der Waals surface area contributed by atoms with Gasteiger partial charge in [0.25, 0.3) is 5.91 Å². The number of hydrogen-bond acceptors (Lipinski definition) is 3. The minimum atomic E-state index is -0.324. The summed E-state index contributed by atoms with van der Waals surface area (Å²) in [5.41, 5.74) is 0.450. The van der Waals surface area contributed by atoms with E-state index in [2.05, 4.69) is 5.32 Å². The summed E-state index contributed by atoms with van der Waals surface area (Å²) >= 11 is 12.0. The minimum Gasteiger partial charge on any atom is -0.497 e. The summed E-state index contributed by atoms with van der Waals surface area (Å²) in [6.07, 6.45) is 0. The van der Waals surface area contributed by atoms with Gasteiger partial charge in [0, 0.05) is 0 Å². The normalized spacial score (nSPS) is 10.5. The maximum absolute atomic E-state index is 12.1. The Hall–Kier alpha value is -2.43. The maximum Gasteiger partial charge on any atom is 0.262 e. The molecule has 3 aromatic carbocycles. The smallest absolute Gasteiger partial charge is 0.262 e. The molecule has 0 saturated carbocycles. The van der Waals surface area contributed by atoms with E-state index >= 15 is 0 Å². The van der Waals surface area contributed by atoms with Crippen molar-refractivity contribution >= 4 is 45.6 Å². The molecule has 1 N–H and O–H groups in total. The predicted molar refractivity (Wildman–Crippen MR) is 101 cm³/mol. The lowest BCUT2D eigenvalue weighted by molar-refractivity contribution is -0.118. The molecule has 0 spiro atoms. The molecule has 0 aliphatic carbocycles. The molecular formula is C19H15Cl2NO3. The van der Waals surface area contributed by atoms with E-state index in [0.29, 0.717) is 21.5 Å². The summed E-state index contributed by atoms with van der Waals surface area (Å²) in [5.74, 6) is 1.03. The molecule has 3 aromatic rings. The third-order valence-corrected chi connectivity index (χ3v) is 4.43. The number of anilines is 1. The van der Waals surface area contributed by atoms with Crippen molar-refractivity contribution in [3.63, 3.8) is 0 Å². The number of amides is 1. The fourth-order valence-electron chi connectivity index (χ4n) is 2.36. The average molecular weight is 376 g/mol. The van der Waals surface area contributed by atoms with Crippen LogP contribution < -0.4 is 14.8 Å². The van der Waals surface area contributed by atoms with Crippen LogP contribution >= 0.6 is 23.2 Å². The molecule has 0 unspecified atom stereocenters. The van der Waals surface area contributed by atoms with E-state index in [4.69, 9.17) is 32.7 Å². The highest BCUT2D eigenvalue weighted by Gasteiger charge is 2.09. The Labute approximate surface area is 155 Å². The lowest BCUT2D eigenvalue weighted by Gasteiger charge is -2.10. The molecule has 0 aromatic heterocycles. The third kappa shape index (κ3) is 4.16. The lowest BCUT2D eigenvalue weighted by Crippen LogP contribution is -2.20. The molecule has 0 atom stereocenters. The van der Waals surface area contributed by atoms with Gasteiger partial charge < -0.3 is 14.8 Å². The van der Waals surface area contributed by atoms with E-state index in [1.165, 1.54) is 0 Å². The Morgan fingerprint density at radius 2 is 1.72 bits per heavy atom. The monoisotopic (exact) mass is 375 g/mol. The van der Waals surface area contributed by atoms with Crippen LogP contribution in [-0.4, -0.2) is 19.6 Å². The van der Waals surface area contributed by atoms with Crippen LogP contribution in [0.4, 0.5) is 5.69 Å².